The lowest BCUT2D eigenvalue weighted by atomic mass is 9.83. The molecular formula is C26H22N2O3S. The smallest absolute Gasteiger partial charge is 0.260 e. The highest BCUT2D eigenvalue weighted by molar-refractivity contribution is 7.89. The number of nitrogens with zero attached hydrogens (tertiary/aromatic N) is 2. The summed E-state index contributed by atoms with van der Waals surface area (Å²) in [4.78, 5) is 14.0. The fourth-order valence-corrected chi connectivity index (χ4v) is 6.19. The fraction of sp³-hybridized carbons (Fsp3) is 0.115. The summed E-state index contributed by atoms with van der Waals surface area (Å²) in [5, 5.41) is 1.69. The number of rotatable bonds is 5. The number of fused-ring (bicyclic) bond motifs is 1. The Morgan fingerprint density at radius 2 is 1.34 bits per heavy atom. The van der Waals surface area contributed by atoms with Crippen LogP contribution in [0.15, 0.2) is 120 Å². The van der Waals surface area contributed by atoms with E-state index in [4.69, 9.17) is 0 Å². The summed E-state index contributed by atoms with van der Waals surface area (Å²) in [6.45, 7) is 0. The van der Waals surface area contributed by atoms with Crippen LogP contribution in [-0.4, -0.2) is 29.7 Å². The molecule has 3 unspecified atom stereocenters. The molecule has 1 fully saturated rings. The molecule has 5 rings (SSSR count). The number of ketones is 1. The van der Waals surface area contributed by atoms with Gasteiger partial charge in [0, 0.05) is 11.8 Å². The van der Waals surface area contributed by atoms with Gasteiger partial charge in [-0.1, -0.05) is 91.0 Å². The Kier molecular flexibility index (Phi) is 5.25. The Hall–Kier alpha value is -3.48. The summed E-state index contributed by atoms with van der Waals surface area (Å²) in [5.41, 5.74) is 1.35. The quantitative estimate of drug-likeness (QED) is 0.542. The van der Waals surface area contributed by atoms with Crippen LogP contribution in [-0.2, 0) is 10.0 Å². The summed E-state index contributed by atoms with van der Waals surface area (Å²) in [7, 11) is -3.93. The minimum atomic E-state index is -3.93. The van der Waals surface area contributed by atoms with Gasteiger partial charge in [0.25, 0.3) is 10.0 Å². The van der Waals surface area contributed by atoms with Crippen molar-refractivity contribution in [2.45, 2.75) is 17.0 Å². The van der Waals surface area contributed by atoms with Crippen LogP contribution >= 0.6 is 0 Å². The lowest BCUT2D eigenvalue weighted by Gasteiger charge is -2.32. The van der Waals surface area contributed by atoms with Gasteiger partial charge in [-0.15, -0.1) is 4.41 Å². The van der Waals surface area contributed by atoms with Crippen LogP contribution in [0.25, 0.3) is 0 Å². The molecule has 0 N–H and O–H groups in total. The molecule has 6 heteroatoms. The predicted molar refractivity (Wildman–Crippen MR) is 123 cm³/mol. The third kappa shape index (κ3) is 3.38. The summed E-state index contributed by atoms with van der Waals surface area (Å²) in [5.74, 6) is -0.695. The number of carbonyl (C=O) groups is 1. The van der Waals surface area contributed by atoms with E-state index in [9.17, 15) is 13.2 Å². The van der Waals surface area contributed by atoms with Crippen LogP contribution in [0, 0.1) is 5.92 Å². The molecular weight excluding hydrogens is 420 g/mol. The van der Waals surface area contributed by atoms with Gasteiger partial charge in [-0.2, -0.15) is 0 Å². The molecule has 0 spiro atoms. The van der Waals surface area contributed by atoms with E-state index in [2.05, 4.69) is 0 Å². The summed E-state index contributed by atoms with van der Waals surface area (Å²) < 4.78 is 29.2. The standard InChI is InChI=1S/C26H22N2O3S/c29-26(21-14-6-2-7-15-21)24-23-18-10-11-19-27(23)28(25(24)20-12-4-1-5-13-20)32(30,31)22-16-8-3-9-17-22/h1-19,23-25H. The van der Waals surface area contributed by atoms with Crippen molar-refractivity contribution in [3.8, 4) is 0 Å². The zero-order valence-corrected chi connectivity index (χ0v) is 18.0. The van der Waals surface area contributed by atoms with Gasteiger partial charge in [-0.3, -0.25) is 9.80 Å². The summed E-state index contributed by atoms with van der Waals surface area (Å²) >= 11 is 0. The Bertz CT molecular complexity index is 1270. The number of hydrogen-bond acceptors (Lipinski definition) is 4. The Morgan fingerprint density at radius 1 is 0.750 bits per heavy atom. The molecule has 2 heterocycles. The average molecular weight is 443 g/mol. The topological polar surface area (TPSA) is 57.7 Å². The van der Waals surface area contributed by atoms with Crippen molar-refractivity contribution in [2.24, 2.45) is 5.92 Å². The van der Waals surface area contributed by atoms with Crippen LogP contribution in [0.5, 0.6) is 0 Å². The van der Waals surface area contributed by atoms with Gasteiger partial charge >= 0.3 is 0 Å². The lowest BCUT2D eigenvalue weighted by Crippen LogP contribution is -2.42. The Morgan fingerprint density at radius 3 is 2.00 bits per heavy atom. The Balaban J connectivity index is 1.71. The highest BCUT2D eigenvalue weighted by Gasteiger charge is 2.54. The average Bonchev–Trinajstić information content (AvgIpc) is 3.21. The van der Waals surface area contributed by atoms with E-state index in [0.717, 1.165) is 5.56 Å². The number of carbonyl (C=O) groups excluding carboxylic acids is 1. The maximum absolute atomic E-state index is 13.9. The maximum atomic E-state index is 13.9. The molecule has 2 aliphatic heterocycles. The molecule has 1 saturated heterocycles. The minimum Gasteiger partial charge on any atom is -0.294 e. The molecule has 0 bridgehead atoms. The SMILES string of the molecule is O=C(c1ccccc1)C1C2C=CC=CN2N(S(=O)(=O)c2ccccc2)C1c1ccccc1. The first kappa shape index (κ1) is 20.4. The van der Waals surface area contributed by atoms with E-state index in [1.54, 1.807) is 59.7 Å². The summed E-state index contributed by atoms with van der Waals surface area (Å²) in [6, 6.07) is 25.7. The molecule has 0 amide bonds. The van der Waals surface area contributed by atoms with Gasteiger partial charge in [-0.25, -0.2) is 8.42 Å². The molecule has 0 aromatic heterocycles. The molecule has 5 nitrogen and oxygen atoms in total. The van der Waals surface area contributed by atoms with Crippen molar-refractivity contribution < 1.29 is 13.2 Å². The molecule has 3 aromatic rings. The minimum absolute atomic E-state index is 0.0832. The lowest BCUT2D eigenvalue weighted by molar-refractivity contribution is 0.0897. The van der Waals surface area contributed by atoms with Crippen molar-refractivity contribution in [3.05, 3.63) is 127 Å². The van der Waals surface area contributed by atoms with E-state index >= 15 is 0 Å². The third-order valence-electron chi connectivity index (χ3n) is 5.93. The maximum Gasteiger partial charge on any atom is 0.260 e. The van der Waals surface area contributed by atoms with E-state index in [1.165, 1.54) is 4.41 Å². The van der Waals surface area contributed by atoms with E-state index in [0.29, 0.717) is 5.56 Å². The fourth-order valence-electron chi connectivity index (χ4n) is 4.51. The van der Waals surface area contributed by atoms with Gasteiger partial charge in [0.1, 0.15) is 0 Å². The van der Waals surface area contributed by atoms with Crippen LogP contribution in [0.4, 0.5) is 0 Å². The van der Waals surface area contributed by atoms with Crippen LogP contribution < -0.4 is 0 Å². The van der Waals surface area contributed by atoms with Crippen LogP contribution in [0.1, 0.15) is 22.0 Å². The zero-order valence-electron chi connectivity index (χ0n) is 17.2. The van der Waals surface area contributed by atoms with Gasteiger partial charge in [-0.05, 0) is 23.8 Å². The molecule has 3 atom stereocenters. The van der Waals surface area contributed by atoms with Gasteiger partial charge in [0.05, 0.1) is 22.9 Å². The monoisotopic (exact) mass is 442 g/mol. The largest absolute Gasteiger partial charge is 0.294 e. The number of sulfonamides is 1. The van der Waals surface area contributed by atoms with Gasteiger partial charge < -0.3 is 0 Å². The van der Waals surface area contributed by atoms with Gasteiger partial charge in [0.15, 0.2) is 5.78 Å². The molecule has 2 aliphatic rings. The first-order valence-electron chi connectivity index (χ1n) is 10.5. The van der Waals surface area contributed by atoms with E-state index in [1.807, 2.05) is 60.7 Å². The van der Waals surface area contributed by atoms with Gasteiger partial charge in [0.2, 0.25) is 0 Å². The number of allylic oxidation sites excluding steroid dienone is 2. The summed E-state index contributed by atoms with van der Waals surface area (Å²) in [6.07, 6.45) is 7.30. The van der Waals surface area contributed by atoms with Crippen molar-refractivity contribution in [2.75, 3.05) is 0 Å². The van der Waals surface area contributed by atoms with Crippen molar-refractivity contribution in [3.63, 3.8) is 0 Å². The molecule has 3 aromatic carbocycles. The Labute approximate surface area is 187 Å². The van der Waals surface area contributed by atoms with Crippen molar-refractivity contribution >= 4 is 15.8 Å². The number of hydrazine groups is 1. The first-order chi connectivity index (χ1) is 15.6. The normalized spacial score (nSPS) is 22.6. The second kappa shape index (κ2) is 8.22. The van der Waals surface area contributed by atoms with Crippen molar-refractivity contribution in [1.82, 2.24) is 9.42 Å². The van der Waals surface area contributed by atoms with Crippen LogP contribution in [0.3, 0.4) is 0 Å². The molecule has 32 heavy (non-hydrogen) atoms. The molecule has 0 aliphatic carbocycles. The van der Waals surface area contributed by atoms with Crippen LogP contribution in [0.2, 0.25) is 0 Å². The van der Waals surface area contributed by atoms with E-state index in [-0.39, 0.29) is 10.7 Å². The zero-order chi connectivity index (χ0) is 22.1. The first-order valence-corrected chi connectivity index (χ1v) is 11.9. The number of Topliss-reactive ketones (excluding diaryl/α,β-unsaturated/α-hetero) is 1. The molecule has 0 radical (unpaired) electrons. The second-order valence-corrected chi connectivity index (χ2v) is 9.59. The molecule has 0 saturated carbocycles. The predicted octanol–water partition coefficient (Wildman–Crippen LogP) is 4.60. The molecule has 160 valence electrons. The van der Waals surface area contributed by atoms with E-state index < -0.39 is 28.0 Å². The second-order valence-electron chi connectivity index (χ2n) is 7.80. The number of benzene rings is 3. The highest BCUT2D eigenvalue weighted by atomic mass is 32.2. The number of hydrogen-bond donors (Lipinski definition) is 0. The van der Waals surface area contributed by atoms with Crippen molar-refractivity contribution in [1.29, 1.82) is 0 Å². The highest BCUT2D eigenvalue weighted by Crippen LogP contribution is 2.47. The third-order valence-corrected chi connectivity index (χ3v) is 7.70.